The smallest absolute Gasteiger partial charge is 0.298 e. The quantitative estimate of drug-likeness (QED) is 0.603. The maximum Gasteiger partial charge on any atom is 0.298 e. The molecule has 150 valence electrons. The summed E-state index contributed by atoms with van der Waals surface area (Å²) in [5, 5.41) is 14.2. The molecule has 0 bridgehead atoms. The van der Waals surface area contributed by atoms with Crippen LogP contribution in [-0.2, 0) is 4.79 Å². The Hall–Kier alpha value is -3.49. The number of carbonyl (C=O) groups excluding carboxylic acids is 1. The van der Waals surface area contributed by atoms with Crippen LogP contribution in [0.15, 0.2) is 40.3 Å². The van der Waals surface area contributed by atoms with Crippen molar-refractivity contribution in [2.24, 2.45) is 5.41 Å². The highest BCUT2D eigenvalue weighted by atomic mass is 16.6. The van der Waals surface area contributed by atoms with Crippen LogP contribution in [0.1, 0.15) is 43.7 Å². The number of allylic oxidation sites excluding steroid dienone is 2. The number of hydrogen-bond acceptors (Lipinski definition) is 7. The summed E-state index contributed by atoms with van der Waals surface area (Å²) in [4.78, 5) is 43.4. The van der Waals surface area contributed by atoms with Crippen molar-refractivity contribution in [2.45, 2.75) is 32.6 Å². The third-order valence-corrected chi connectivity index (χ3v) is 5.33. The van der Waals surface area contributed by atoms with Gasteiger partial charge in [0.25, 0.3) is 17.3 Å². The van der Waals surface area contributed by atoms with Crippen molar-refractivity contribution in [3.05, 3.63) is 67.1 Å². The Morgan fingerprint density at radius 2 is 1.90 bits per heavy atom. The van der Waals surface area contributed by atoms with Crippen LogP contribution in [0.3, 0.4) is 0 Å². The fraction of sp³-hybridized carbons (Fsp3) is 0.350. The fourth-order valence-corrected chi connectivity index (χ4v) is 4.11. The minimum absolute atomic E-state index is 0.0482. The van der Waals surface area contributed by atoms with Crippen LogP contribution in [0.4, 0.5) is 11.5 Å². The number of aromatic nitrogens is 2. The number of nitro groups is 1. The molecule has 1 aliphatic carbocycles. The number of Topliss-reactive ketones (excluding diaryl/α,β-unsaturated/α-hetero) is 1. The summed E-state index contributed by atoms with van der Waals surface area (Å²) >= 11 is 0. The van der Waals surface area contributed by atoms with Crippen molar-refractivity contribution in [3.8, 4) is 6.01 Å². The number of nitrogens with one attached hydrogen (secondary N) is 2. The molecule has 0 fully saturated rings. The van der Waals surface area contributed by atoms with Crippen LogP contribution in [-0.4, -0.2) is 27.8 Å². The molecule has 4 rings (SSSR count). The third-order valence-electron chi connectivity index (χ3n) is 5.33. The van der Waals surface area contributed by atoms with E-state index in [9.17, 15) is 19.7 Å². The molecule has 0 spiro atoms. The lowest BCUT2D eigenvalue weighted by atomic mass is 9.69. The molecule has 0 saturated heterocycles. The Balaban J connectivity index is 1.95. The van der Waals surface area contributed by atoms with Gasteiger partial charge in [-0.2, -0.15) is 4.98 Å². The Labute approximate surface area is 166 Å². The highest BCUT2D eigenvalue weighted by Crippen LogP contribution is 2.47. The first kappa shape index (κ1) is 18.9. The highest BCUT2D eigenvalue weighted by Gasteiger charge is 2.42. The molecule has 0 saturated carbocycles. The zero-order valence-corrected chi connectivity index (χ0v) is 16.2. The second kappa shape index (κ2) is 6.54. The largest absolute Gasteiger partial charge is 0.468 e. The first-order chi connectivity index (χ1) is 13.7. The third kappa shape index (κ3) is 3.18. The number of ether oxygens (including phenoxy) is 1. The van der Waals surface area contributed by atoms with Gasteiger partial charge in [-0.15, -0.1) is 0 Å². The second-order valence-electron chi connectivity index (χ2n) is 8.08. The lowest BCUT2D eigenvalue weighted by molar-refractivity contribution is -0.384. The summed E-state index contributed by atoms with van der Waals surface area (Å²) in [5.74, 6) is -0.376. The predicted octanol–water partition coefficient (Wildman–Crippen LogP) is 2.89. The number of non-ortho nitro benzene ring substituents is 1. The molecule has 0 amide bonds. The molecule has 1 aliphatic heterocycles. The summed E-state index contributed by atoms with van der Waals surface area (Å²) < 4.78 is 5.08. The molecule has 1 unspecified atom stereocenters. The van der Waals surface area contributed by atoms with Gasteiger partial charge in [0, 0.05) is 35.7 Å². The van der Waals surface area contributed by atoms with Crippen LogP contribution in [0, 0.1) is 15.5 Å². The van der Waals surface area contributed by atoms with E-state index in [0.29, 0.717) is 35.4 Å². The number of hydrogen-bond donors (Lipinski definition) is 2. The summed E-state index contributed by atoms with van der Waals surface area (Å²) in [6.07, 6.45) is 0.974. The van der Waals surface area contributed by atoms with E-state index >= 15 is 0 Å². The Morgan fingerprint density at radius 3 is 2.52 bits per heavy atom. The fourth-order valence-electron chi connectivity index (χ4n) is 4.11. The minimum atomic E-state index is -0.659. The van der Waals surface area contributed by atoms with E-state index < -0.39 is 16.4 Å². The molecular weight excluding hydrogens is 376 g/mol. The molecule has 2 heterocycles. The van der Waals surface area contributed by atoms with Crippen molar-refractivity contribution < 1.29 is 14.5 Å². The van der Waals surface area contributed by atoms with Gasteiger partial charge < -0.3 is 10.1 Å². The van der Waals surface area contributed by atoms with Gasteiger partial charge in [0.2, 0.25) is 0 Å². The SMILES string of the molecule is COc1nc2c(c(=O)[nH]1)C(c1ccc([N+](=O)[O-])cc1)C1=C(CC(C)(C)CC1=O)N2. The van der Waals surface area contributed by atoms with Crippen LogP contribution in [0.25, 0.3) is 0 Å². The number of carbonyl (C=O) groups is 1. The second-order valence-corrected chi connectivity index (χ2v) is 8.08. The van der Waals surface area contributed by atoms with Gasteiger partial charge in [-0.1, -0.05) is 26.0 Å². The van der Waals surface area contributed by atoms with E-state index in [1.54, 1.807) is 12.1 Å². The average molecular weight is 396 g/mol. The van der Waals surface area contributed by atoms with E-state index in [4.69, 9.17) is 4.74 Å². The normalized spacial score (nSPS) is 19.8. The van der Waals surface area contributed by atoms with Gasteiger partial charge in [0.15, 0.2) is 5.78 Å². The summed E-state index contributed by atoms with van der Waals surface area (Å²) in [6.45, 7) is 4.02. The molecule has 0 radical (unpaired) electrons. The van der Waals surface area contributed by atoms with Gasteiger partial charge in [-0.05, 0) is 17.4 Å². The maximum atomic E-state index is 13.1. The first-order valence-corrected chi connectivity index (χ1v) is 9.16. The zero-order chi connectivity index (χ0) is 20.9. The van der Waals surface area contributed by atoms with Crippen molar-refractivity contribution >= 4 is 17.3 Å². The molecular formula is C20H20N4O5. The maximum absolute atomic E-state index is 13.1. The highest BCUT2D eigenvalue weighted by molar-refractivity contribution is 6.01. The number of rotatable bonds is 3. The van der Waals surface area contributed by atoms with Gasteiger partial charge in [-0.3, -0.25) is 24.7 Å². The number of nitrogens with zero attached hydrogens (tertiary/aromatic N) is 2. The lowest BCUT2D eigenvalue weighted by Gasteiger charge is -2.38. The molecule has 2 aromatic rings. The van der Waals surface area contributed by atoms with E-state index in [1.165, 1.54) is 19.2 Å². The molecule has 2 aliphatic rings. The number of benzene rings is 1. The van der Waals surface area contributed by atoms with Crippen LogP contribution < -0.4 is 15.6 Å². The van der Waals surface area contributed by atoms with Crippen molar-refractivity contribution in [2.75, 3.05) is 12.4 Å². The summed E-state index contributed by atoms with van der Waals surface area (Å²) in [5.41, 5.74) is 1.45. The molecule has 9 heteroatoms. The molecule has 29 heavy (non-hydrogen) atoms. The van der Waals surface area contributed by atoms with Gasteiger partial charge in [0.05, 0.1) is 17.6 Å². The number of fused-ring (bicyclic) bond motifs is 1. The number of aromatic amines is 1. The Morgan fingerprint density at radius 1 is 1.21 bits per heavy atom. The first-order valence-electron chi connectivity index (χ1n) is 9.16. The Bertz CT molecular complexity index is 1110. The predicted molar refractivity (Wildman–Crippen MR) is 105 cm³/mol. The number of H-pyrrole nitrogens is 1. The van der Waals surface area contributed by atoms with Crippen LogP contribution in [0.5, 0.6) is 6.01 Å². The van der Waals surface area contributed by atoms with Gasteiger partial charge in [-0.25, -0.2) is 0 Å². The average Bonchev–Trinajstić information content (AvgIpc) is 2.65. The topological polar surface area (TPSA) is 127 Å². The number of anilines is 1. The molecule has 1 atom stereocenters. The summed E-state index contributed by atoms with van der Waals surface area (Å²) in [6, 6.07) is 5.98. The zero-order valence-electron chi connectivity index (χ0n) is 16.2. The van der Waals surface area contributed by atoms with E-state index in [0.717, 1.165) is 5.70 Å². The Kier molecular flexibility index (Phi) is 4.25. The van der Waals surface area contributed by atoms with Gasteiger partial charge >= 0.3 is 0 Å². The minimum Gasteiger partial charge on any atom is -0.468 e. The van der Waals surface area contributed by atoms with Gasteiger partial charge in [0.1, 0.15) is 5.82 Å². The molecule has 1 aromatic heterocycles. The number of nitro benzene ring substituents is 1. The lowest BCUT2D eigenvalue weighted by Crippen LogP contribution is -2.36. The van der Waals surface area contributed by atoms with Crippen molar-refractivity contribution in [1.82, 2.24) is 9.97 Å². The molecule has 1 aromatic carbocycles. The van der Waals surface area contributed by atoms with Crippen molar-refractivity contribution in [1.29, 1.82) is 0 Å². The van der Waals surface area contributed by atoms with E-state index in [1.807, 2.05) is 13.8 Å². The monoisotopic (exact) mass is 396 g/mol. The van der Waals surface area contributed by atoms with Crippen LogP contribution in [0.2, 0.25) is 0 Å². The van der Waals surface area contributed by atoms with E-state index in [-0.39, 0.29) is 22.9 Å². The van der Waals surface area contributed by atoms with Crippen molar-refractivity contribution in [3.63, 3.8) is 0 Å². The summed E-state index contributed by atoms with van der Waals surface area (Å²) in [7, 11) is 1.40. The van der Waals surface area contributed by atoms with Crippen LogP contribution >= 0.6 is 0 Å². The van der Waals surface area contributed by atoms with E-state index in [2.05, 4.69) is 15.3 Å². The molecule has 9 nitrogen and oxygen atoms in total. The molecule has 2 N–H and O–H groups in total. The number of methoxy groups -OCH3 is 1. The standard InChI is InChI=1S/C20H20N4O5/c1-20(2)8-12-15(13(25)9-20)14(10-4-6-11(7-5-10)24(27)28)16-17(21-12)22-19(29-3)23-18(16)26/h4-7,14H,8-9H2,1-3H3,(H2,21,22,23,26). The number of ketones is 1.